The van der Waals surface area contributed by atoms with E-state index in [-0.39, 0.29) is 24.1 Å². The Morgan fingerprint density at radius 1 is 1.06 bits per heavy atom. The van der Waals surface area contributed by atoms with E-state index in [9.17, 15) is 9.59 Å². The topological polar surface area (TPSA) is 88.9 Å². The van der Waals surface area contributed by atoms with Crippen molar-refractivity contribution in [3.8, 4) is 0 Å². The molecule has 0 spiro atoms. The highest BCUT2D eigenvalue weighted by molar-refractivity contribution is 7.99. The molecule has 7 nitrogen and oxygen atoms in total. The van der Waals surface area contributed by atoms with E-state index in [0.29, 0.717) is 26.7 Å². The van der Waals surface area contributed by atoms with E-state index in [2.05, 4.69) is 20.8 Å². The van der Waals surface area contributed by atoms with Crippen LogP contribution < -0.4 is 10.6 Å². The fourth-order valence-corrected chi connectivity index (χ4v) is 3.62. The van der Waals surface area contributed by atoms with Crippen molar-refractivity contribution in [1.29, 1.82) is 0 Å². The second-order valence-corrected chi connectivity index (χ2v) is 8.10. The Balaban J connectivity index is 1.49. The summed E-state index contributed by atoms with van der Waals surface area (Å²) in [5.41, 5.74) is 1.31. The Hall–Kier alpha value is -2.81. The predicted octanol–water partition coefficient (Wildman–Crippen LogP) is 4.18. The van der Waals surface area contributed by atoms with Crippen molar-refractivity contribution in [3.63, 3.8) is 0 Å². The number of thioether (sulfide) groups is 1. The summed E-state index contributed by atoms with van der Waals surface area (Å²) in [5, 5.41) is 15.3. The number of halogens is 2. The molecule has 0 radical (unpaired) electrons. The SMILES string of the molecule is Cn1c(CNC(=O)/C=C/c2ccccc2Cl)nnc1SCC(=O)Nc1ccccc1Cl. The second-order valence-electron chi connectivity index (χ2n) is 6.35. The van der Waals surface area contributed by atoms with E-state index in [1.807, 2.05) is 18.2 Å². The molecule has 0 atom stereocenters. The average molecular weight is 476 g/mol. The zero-order chi connectivity index (χ0) is 22.2. The van der Waals surface area contributed by atoms with Gasteiger partial charge in [-0.3, -0.25) is 9.59 Å². The molecule has 1 aromatic heterocycles. The summed E-state index contributed by atoms with van der Waals surface area (Å²) in [5.74, 6) is 0.217. The number of nitrogens with one attached hydrogen (secondary N) is 2. The van der Waals surface area contributed by atoms with Gasteiger partial charge in [0.2, 0.25) is 11.8 Å². The lowest BCUT2D eigenvalue weighted by molar-refractivity contribution is -0.116. The van der Waals surface area contributed by atoms with E-state index in [0.717, 1.165) is 5.56 Å². The monoisotopic (exact) mass is 475 g/mol. The van der Waals surface area contributed by atoms with Crippen LogP contribution >= 0.6 is 35.0 Å². The lowest BCUT2D eigenvalue weighted by atomic mass is 10.2. The molecule has 0 unspecified atom stereocenters. The molecule has 160 valence electrons. The lowest BCUT2D eigenvalue weighted by Gasteiger charge is -2.07. The lowest BCUT2D eigenvalue weighted by Crippen LogP contribution is -2.22. The molecule has 10 heteroatoms. The summed E-state index contributed by atoms with van der Waals surface area (Å²) >= 11 is 13.4. The smallest absolute Gasteiger partial charge is 0.244 e. The number of aromatic nitrogens is 3. The second kappa shape index (κ2) is 11.0. The predicted molar refractivity (Wildman–Crippen MR) is 124 cm³/mol. The zero-order valence-corrected chi connectivity index (χ0v) is 18.8. The number of carbonyl (C=O) groups is 2. The van der Waals surface area contributed by atoms with E-state index < -0.39 is 0 Å². The molecule has 0 saturated heterocycles. The summed E-state index contributed by atoms with van der Waals surface area (Å²) in [6.07, 6.45) is 3.06. The fraction of sp³-hybridized carbons (Fsp3) is 0.143. The molecule has 0 fully saturated rings. The van der Waals surface area contributed by atoms with Crippen molar-refractivity contribution in [2.45, 2.75) is 11.7 Å². The van der Waals surface area contributed by atoms with Crippen LogP contribution in [-0.2, 0) is 23.2 Å². The van der Waals surface area contributed by atoms with Gasteiger partial charge in [-0.1, -0.05) is 65.3 Å². The summed E-state index contributed by atoms with van der Waals surface area (Å²) in [6, 6.07) is 14.3. The van der Waals surface area contributed by atoms with Crippen LogP contribution in [-0.4, -0.2) is 32.3 Å². The van der Waals surface area contributed by atoms with E-state index in [1.54, 1.807) is 48.0 Å². The van der Waals surface area contributed by atoms with Crippen LogP contribution in [0.2, 0.25) is 10.0 Å². The van der Waals surface area contributed by atoms with Crippen LogP contribution in [0, 0.1) is 0 Å². The van der Waals surface area contributed by atoms with Crippen LogP contribution in [0.15, 0.2) is 59.8 Å². The molecule has 3 aromatic rings. The highest BCUT2D eigenvalue weighted by Crippen LogP contribution is 2.22. The quantitative estimate of drug-likeness (QED) is 0.376. The van der Waals surface area contributed by atoms with Gasteiger partial charge in [-0.05, 0) is 29.8 Å². The molecule has 0 aliphatic heterocycles. The van der Waals surface area contributed by atoms with Gasteiger partial charge in [0.1, 0.15) is 0 Å². The van der Waals surface area contributed by atoms with Crippen molar-refractivity contribution in [2.75, 3.05) is 11.1 Å². The van der Waals surface area contributed by atoms with Gasteiger partial charge >= 0.3 is 0 Å². The van der Waals surface area contributed by atoms with Crippen molar-refractivity contribution in [2.24, 2.45) is 7.05 Å². The zero-order valence-electron chi connectivity index (χ0n) is 16.5. The Kier molecular flexibility index (Phi) is 8.11. The van der Waals surface area contributed by atoms with Crippen molar-refractivity contribution >= 4 is 58.5 Å². The summed E-state index contributed by atoms with van der Waals surface area (Å²) in [6.45, 7) is 0.196. The molecule has 31 heavy (non-hydrogen) atoms. The number of rotatable bonds is 8. The van der Waals surface area contributed by atoms with E-state index in [4.69, 9.17) is 23.2 Å². The standard InChI is InChI=1S/C21H19Cl2N5O2S/c1-28-18(12-24-19(29)11-10-14-6-2-3-7-15(14)22)26-27-21(28)31-13-20(30)25-17-9-5-4-8-16(17)23/h2-11H,12-13H2,1H3,(H,24,29)(H,25,30)/b11-10+. The Morgan fingerprint density at radius 3 is 2.52 bits per heavy atom. The fourth-order valence-electron chi connectivity index (χ4n) is 2.50. The van der Waals surface area contributed by atoms with E-state index in [1.165, 1.54) is 17.8 Å². The largest absolute Gasteiger partial charge is 0.345 e. The van der Waals surface area contributed by atoms with Gasteiger partial charge in [-0.25, -0.2) is 0 Å². The molecular weight excluding hydrogens is 457 g/mol. The first-order valence-corrected chi connectivity index (χ1v) is 10.9. The van der Waals surface area contributed by atoms with Crippen LogP contribution in [0.5, 0.6) is 0 Å². The third kappa shape index (κ3) is 6.58. The third-order valence-electron chi connectivity index (χ3n) is 4.15. The molecule has 3 rings (SSSR count). The molecular formula is C21H19Cl2N5O2S. The Morgan fingerprint density at radius 2 is 1.77 bits per heavy atom. The minimum atomic E-state index is -0.281. The van der Waals surface area contributed by atoms with Crippen LogP contribution in [0.4, 0.5) is 5.69 Å². The van der Waals surface area contributed by atoms with Crippen LogP contribution in [0.25, 0.3) is 6.08 Å². The molecule has 2 N–H and O–H groups in total. The van der Waals surface area contributed by atoms with Crippen molar-refractivity contribution < 1.29 is 9.59 Å². The summed E-state index contributed by atoms with van der Waals surface area (Å²) < 4.78 is 1.73. The number of carbonyl (C=O) groups excluding carboxylic acids is 2. The van der Waals surface area contributed by atoms with Gasteiger partial charge in [0.15, 0.2) is 11.0 Å². The highest BCUT2D eigenvalue weighted by Gasteiger charge is 2.13. The molecule has 0 bridgehead atoms. The maximum Gasteiger partial charge on any atom is 0.244 e. The Labute approximate surface area is 193 Å². The molecule has 0 aliphatic carbocycles. The number of nitrogens with zero attached hydrogens (tertiary/aromatic N) is 3. The van der Waals surface area contributed by atoms with Gasteiger partial charge in [-0.15, -0.1) is 10.2 Å². The normalized spacial score (nSPS) is 10.9. The highest BCUT2D eigenvalue weighted by atomic mass is 35.5. The molecule has 2 amide bonds. The maximum absolute atomic E-state index is 12.2. The number of benzene rings is 2. The summed E-state index contributed by atoms with van der Waals surface area (Å²) in [7, 11) is 1.77. The first-order chi connectivity index (χ1) is 14.9. The van der Waals surface area contributed by atoms with Crippen molar-refractivity contribution in [1.82, 2.24) is 20.1 Å². The van der Waals surface area contributed by atoms with Crippen molar-refractivity contribution in [3.05, 3.63) is 76.0 Å². The Bertz CT molecular complexity index is 1120. The average Bonchev–Trinajstić information content (AvgIpc) is 3.11. The van der Waals surface area contributed by atoms with Gasteiger partial charge < -0.3 is 15.2 Å². The third-order valence-corrected chi connectivity index (χ3v) is 5.84. The van der Waals surface area contributed by atoms with E-state index >= 15 is 0 Å². The number of amides is 2. The van der Waals surface area contributed by atoms with Gasteiger partial charge in [-0.2, -0.15) is 0 Å². The first-order valence-electron chi connectivity index (χ1n) is 9.20. The minimum absolute atomic E-state index is 0.143. The number of para-hydroxylation sites is 1. The van der Waals surface area contributed by atoms with Gasteiger partial charge in [0.05, 0.1) is 23.0 Å². The molecule has 2 aromatic carbocycles. The van der Waals surface area contributed by atoms with Crippen LogP contribution in [0.3, 0.4) is 0 Å². The maximum atomic E-state index is 12.2. The summed E-state index contributed by atoms with van der Waals surface area (Å²) in [4.78, 5) is 24.2. The molecule has 1 heterocycles. The molecule has 0 saturated carbocycles. The minimum Gasteiger partial charge on any atom is -0.345 e. The number of anilines is 1. The number of hydrogen-bond donors (Lipinski definition) is 2. The molecule has 0 aliphatic rings. The van der Waals surface area contributed by atoms with Gasteiger partial charge in [0.25, 0.3) is 0 Å². The van der Waals surface area contributed by atoms with Crippen LogP contribution in [0.1, 0.15) is 11.4 Å². The number of hydrogen-bond acceptors (Lipinski definition) is 5. The van der Waals surface area contributed by atoms with Gasteiger partial charge in [0, 0.05) is 18.1 Å². The first kappa shape index (κ1) is 22.9.